The molecule has 25 heavy (non-hydrogen) atoms. The van der Waals surface area contributed by atoms with Crippen molar-refractivity contribution in [3.63, 3.8) is 0 Å². The molecular weight excluding hydrogens is 367 g/mol. The van der Waals surface area contributed by atoms with Crippen molar-refractivity contribution in [3.05, 3.63) is 68.1 Å². The normalized spacial score (nSPS) is 13.8. The molecular formula is C17H10Cl2N2O4. The molecule has 4 rings (SSSR count). The van der Waals surface area contributed by atoms with Crippen LogP contribution < -0.4 is 5.76 Å². The second kappa shape index (κ2) is 5.75. The second-order valence-electron chi connectivity index (χ2n) is 5.56. The van der Waals surface area contributed by atoms with Crippen LogP contribution in [0.5, 0.6) is 0 Å². The van der Waals surface area contributed by atoms with Crippen LogP contribution in [-0.2, 0) is 6.54 Å². The van der Waals surface area contributed by atoms with Crippen molar-refractivity contribution in [1.82, 2.24) is 9.47 Å². The molecule has 2 heterocycles. The minimum atomic E-state index is -0.538. The Kier molecular flexibility index (Phi) is 3.67. The highest BCUT2D eigenvalue weighted by molar-refractivity contribution is 6.43. The fraction of sp³-hybridized carbons (Fsp3) is 0.118. The van der Waals surface area contributed by atoms with E-state index >= 15 is 0 Å². The lowest BCUT2D eigenvalue weighted by Crippen LogP contribution is -2.34. The first-order chi connectivity index (χ1) is 12.0. The minimum Gasteiger partial charge on any atom is -0.408 e. The molecule has 126 valence electrons. The van der Waals surface area contributed by atoms with Crippen LogP contribution in [0.1, 0.15) is 20.7 Å². The van der Waals surface area contributed by atoms with Crippen molar-refractivity contribution >= 4 is 46.1 Å². The Hall–Kier alpha value is -2.57. The SMILES string of the molecule is O=C1c2cc(Cl)c(Cl)cc2C(=O)N1CCn1c(=O)oc2ccccc21. The molecule has 0 spiro atoms. The summed E-state index contributed by atoms with van der Waals surface area (Å²) in [5.74, 6) is -1.46. The van der Waals surface area contributed by atoms with Crippen molar-refractivity contribution in [2.45, 2.75) is 6.54 Å². The Morgan fingerprint density at radius 3 is 2.12 bits per heavy atom. The smallest absolute Gasteiger partial charge is 0.408 e. The maximum Gasteiger partial charge on any atom is 0.420 e. The number of carbonyl (C=O) groups excluding carboxylic acids is 2. The third kappa shape index (κ3) is 2.45. The van der Waals surface area contributed by atoms with E-state index < -0.39 is 17.6 Å². The average molecular weight is 377 g/mol. The lowest BCUT2D eigenvalue weighted by atomic mass is 10.1. The molecule has 1 aliphatic heterocycles. The molecule has 3 aromatic rings. The maximum atomic E-state index is 12.5. The van der Waals surface area contributed by atoms with E-state index in [1.807, 2.05) is 0 Å². The highest BCUT2D eigenvalue weighted by Crippen LogP contribution is 2.31. The molecule has 0 unspecified atom stereocenters. The molecule has 0 atom stereocenters. The molecule has 8 heteroatoms. The number of benzene rings is 2. The van der Waals surface area contributed by atoms with Gasteiger partial charge in [-0.2, -0.15) is 0 Å². The van der Waals surface area contributed by atoms with Gasteiger partial charge in [-0.15, -0.1) is 0 Å². The number of hydrogen-bond donors (Lipinski definition) is 0. The van der Waals surface area contributed by atoms with Crippen LogP contribution >= 0.6 is 23.2 Å². The van der Waals surface area contributed by atoms with Gasteiger partial charge >= 0.3 is 5.76 Å². The largest absolute Gasteiger partial charge is 0.420 e. The van der Waals surface area contributed by atoms with E-state index in [2.05, 4.69) is 0 Å². The van der Waals surface area contributed by atoms with Gasteiger partial charge in [-0.1, -0.05) is 35.3 Å². The summed E-state index contributed by atoms with van der Waals surface area (Å²) in [6.07, 6.45) is 0. The number of fused-ring (bicyclic) bond motifs is 2. The van der Waals surface area contributed by atoms with E-state index in [1.165, 1.54) is 16.7 Å². The summed E-state index contributed by atoms with van der Waals surface area (Å²) in [6, 6.07) is 9.73. The topological polar surface area (TPSA) is 72.5 Å². The van der Waals surface area contributed by atoms with E-state index in [4.69, 9.17) is 27.6 Å². The molecule has 0 saturated carbocycles. The summed E-state index contributed by atoms with van der Waals surface area (Å²) >= 11 is 11.9. The first kappa shape index (κ1) is 15.9. The van der Waals surface area contributed by atoms with Gasteiger partial charge in [0.15, 0.2) is 5.58 Å². The highest BCUT2D eigenvalue weighted by Gasteiger charge is 2.36. The number of hydrogen-bond acceptors (Lipinski definition) is 4. The fourth-order valence-electron chi connectivity index (χ4n) is 2.91. The zero-order chi connectivity index (χ0) is 17.7. The van der Waals surface area contributed by atoms with Crippen LogP contribution in [0.15, 0.2) is 45.6 Å². The number of para-hydroxylation sites is 2. The summed E-state index contributed by atoms with van der Waals surface area (Å²) in [5.41, 5.74) is 1.48. The monoisotopic (exact) mass is 376 g/mol. The predicted molar refractivity (Wildman–Crippen MR) is 92.3 cm³/mol. The van der Waals surface area contributed by atoms with E-state index in [1.54, 1.807) is 24.3 Å². The zero-order valence-electron chi connectivity index (χ0n) is 12.7. The lowest BCUT2D eigenvalue weighted by molar-refractivity contribution is 0.0648. The zero-order valence-corrected chi connectivity index (χ0v) is 14.2. The standard InChI is InChI=1S/C17H10Cl2N2O4/c18-11-7-9-10(8-12(11)19)16(23)21(15(9)22)6-5-20-13-3-1-2-4-14(13)25-17(20)24/h1-4,7-8H,5-6H2. The van der Waals surface area contributed by atoms with Crippen LogP contribution in [-0.4, -0.2) is 27.8 Å². The van der Waals surface area contributed by atoms with E-state index in [0.717, 1.165) is 4.90 Å². The number of amides is 2. The Morgan fingerprint density at radius 1 is 0.880 bits per heavy atom. The highest BCUT2D eigenvalue weighted by atomic mass is 35.5. The summed E-state index contributed by atoms with van der Waals surface area (Å²) < 4.78 is 6.53. The third-order valence-corrected chi connectivity index (χ3v) is 4.85. The number of aromatic nitrogens is 1. The third-order valence-electron chi connectivity index (χ3n) is 4.13. The molecule has 0 N–H and O–H groups in total. The fourth-order valence-corrected chi connectivity index (χ4v) is 3.24. The molecule has 6 nitrogen and oxygen atoms in total. The van der Waals surface area contributed by atoms with Gasteiger partial charge in [0.25, 0.3) is 11.8 Å². The number of rotatable bonds is 3. The molecule has 0 aliphatic carbocycles. The molecule has 0 saturated heterocycles. The first-order valence-electron chi connectivity index (χ1n) is 7.41. The average Bonchev–Trinajstić information content (AvgIpc) is 3.02. The Morgan fingerprint density at radius 2 is 1.48 bits per heavy atom. The van der Waals surface area contributed by atoms with Crippen molar-refractivity contribution in [3.8, 4) is 0 Å². The number of nitrogens with zero attached hydrogens (tertiary/aromatic N) is 2. The number of oxazole rings is 1. The van der Waals surface area contributed by atoms with Crippen molar-refractivity contribution in [2.24, 2.45) is 0 Å². The van der Waals surface area contributed by atoms with Crippen LogP contribution in [0.4, 0.5) is 0 Å². The Balaban J connectivity index is 1.64. The van der Waals surface area contributed by atoms with Crippen molar-refractivity contribution < 1.29 is 14.0 Å². The summed E-state index contributed by atoms with van der Waals surface area (Å²) in [6.45, 7) is 0.161. The van der Waals surface area contributed by atoms with Gasteiger partial charge in [0.05, 0.1) is 26.7 Å². The maximum absolute atomic E-state index is 12.5. The molecule has 1 aliphatic rings. The molecule has 0 radical (unpaired) electrons. The van der Waals surface area contributed by atoms with E-state index in [9.17, 15) is 14.4 Å². The van der Waals surface area contributed by atoms with Gasteiger partial charge in [0.2, 0.25) is 0 Å². The number of carbonyl (C=O) groups is 2. The molecule has 0 bridgehead atoms. The predicted octanol–water partition coefficient (Wildman–Crippen LogP) is 3.20. The van der Waals surface area contributed by atoms with Crippen LogP contribution in [0.25, 0.3) is 11.1 Å². The van der Waals surface area contributed by atoms with Crippen LogP contribution in [0.2, 0.25) is 10.0 Å². The minimum absolute atomic E-state index is 0.0328. The molecule has 1 aromatic heterocycles. The van der Waals surface area contributed by atoms with Gasteiger partial charge in [-0.3, -0.25) is 19.1 Å². The van der Waals surface area contributed by atoms with Crippen LogP contribution in [0.3, 0.4) is 0 Å². The van der Waals surface area contributed by atoms with Gasteiger partial charge in [0.1, 0.15) is 0 Å². The van der Waals surface area contributed by atoms with Crippen molar-refractivity contribution in [1.29, 1.82) is 0 Å². The quantitative estimate of drug-likeness (QED) is 0.658. The van der Waals surface area contributed by atoms with Gasteiger partial charge < -0.3 is 4.42 Å². The summed E-state index contributed by atoms with van der Waals surface area (Å²) in [7, 11) is 0. The van der Waals surface area contributed by atoms with Gasteiger partial charge in [0, 0.05) is 13.1 Å². The van der Waals surface area contributed by atoms with Gasteiger partial charge in [-0.05, 0) is 24.3 Å². The van der Waals surface area contributed by atoms with Crippen LogP contribution in [0, 0.1) is 0 Å². The summed E-state index contributed by atoms with van der Waals surface area (Å²) in [4.78, 5) is 38.0. The Bertz CT molecular complexity index is 1060. The van der Waals surface area contributed by atoms with E-state index in [0.29, 0.717) is 11.1 Å². The number of halogens is 2. The second-order valence-corrected chi connectivity index (χ2v) is 6.38. The molecule has 0 fully saturated rings. The van der Waals surface area contributed by atoms with E-state index in [-0.39, 0.29) is 34.3 Å². The lowest BCUT2D eigenvalue weighted by Gasteiger charge is -2.13. The molecule has 2 aromatic carbocycles. The van der Waals surface area contributed by atoms with Gasteiger partial charge in [-0.25, -0.2) is 4.79 Å². The van der Waals surface area contributed by atoms with Crippen molar-refractivity contribution in [2.75, 3.05) is 6.54 Å². The summed E-state index contributed by atoms with van der Waals surface area (Å²) in [5, 5.41) is 0.418. The first-order valence-corrected chi connectivity index (χ1v) is 8.16. The number of imide groups is 1. The molecule has 2 amide bonds. The Labute approximate surface area is 151 Å².